The van der Waals surface area contributed by atoms with Crippen LogP contribution in [0.1, 0.15) is 42.4 Å². The van der Waals surface area contributed by atoms with Crippen molar-refractivity contribution in [3.63, 3.8) is 0 Å². The molecule has 1 heterocycles. The highest BCUT2D eigenvalue weighted by Gasteiger charge is 2.24. The molecule has 16 heavy (non-hydrogen) atoms. The summed E-state index contributed by atoms with van der Waals surface area (Å²) in [6.45, 7) is 9.09. The average molecular weight is 217 g/mol. The van der Waals surface area contributed by atoms with Gasteiger partial charge in [0, 0.05) is 0 Å². The fraction of sp³-hybridized carbons (Fsp3) is 0.600. The van der Waals surface area contributed by atoms with Gasteiger partial charge in [0.05, 0.1) is 0 Å². The van der Waals surface area contributed by atoms with Crippen LogP contribution < -0.4 is 5.32 Å². The quantitative estimate of drug-likeness (QED) is 0.800. The Kier molecular flexibility index (Phi) is 3.65. The first kappa shape index (κ1) is 11.7. The lowest BCUT2D eigenvalue weighted by Gasteiger charge is -2.32. The van der Waals surface area contributed by atoms with Crippen LogP contribution in [0.5, 0.6) is 0 Å². The zero-order chi connectivity index (χ0) is 11.5. The summed E-state index contributed by atoms with van der Waals surface area (Å²) >= 11 is 0. The van der Waals surface area contributed by atoms with Crippen molar-refractivity contribution in [2.45, 2.75) is 39.5 Å². The molecule has 1 aromatic rings. The molecule has 1 fully saturated rings. The average Bonchev–Trinajstić information content (AvgIpc) is 2.27. The molecule has 88 valence electrons. The molecule has 1 N–H and O–H groups in total. The van der Waals surface area contributed by atoms with Gasteiger partial charge in [-0.2, -0.15) is 0 Å². The van der Waals surface area contributed by atoms with Gasteiger partial charge in [-0.15, -0.1) is 0 Å². The van der Waals surface area contributed by atoms with Crippen LogP contribution in [-0.4, -0.2) is 13.1 Å². The van der Waals surface area contributed by atoms with Crippen LogP contribution >= 0.6 is 0 Å². The van der Waals surface area contributed by atoms with Crippen molar-refractivity contribution < 1.29 is 0 Å². The summed E-state index contributed by atoms with van der Waals surface area (Å²) in [6, 6.07) is 7.03. The Morgan fingerprint density at radius 3 is 2.50 bits per heavy atom. The lowest BCUT2D eigenvalue weighted by atomic mass is 9.79. The van der Waals surface area contributed by atoms with Crippen LogP contribution in [0.4, 0.5) is 0 Å². The smallest absolute Gasteiger partial charge is 0.00148 e. The molecule has 0 aliphatic carbocycles. The molecule has 1 aliphatic heterocycles. The largest absolute Gasteiger partial charge is 0.316 e. The number of rotatable bonds is 2. The van der Waals surface area contributed by atoms with Gasteiger partial charge < -0.3 is 5.32 Å². The van der Waals surface area contributed by atoms with E-state index in [0.29, 0.717) is 0 Å². The zero-order valence-corrected chi connectivity index (χ0v) is 10.7. The van der Waals surface area contributed by atoms with Gasteiger partial charge in [0.15, 0.2) is 0 Å². The lowest BCUT2D eigenvalue weighted by Crippen LogP contribution is -2.35. The molecular weight excluding hydrogens is 194 g/mol. The number of aryl methyl sites for hydroxylation is 2. The first-order chi connectivity index (χ1) is 7.70. The highest BCUT2D eigenvalue weighted by molar-refractivity contribution is 5.31. The Labute approximate surface area is 99.3 Å². The van der Waals surface area contributed by atoms with E-state index in [0.717, 1.165) is 11.8 Å². The summed E-state index contributed by atoms with van der Waals surface area (Å²) in [5, 5.41) is 3.51. The molecule has 0 bridgehead atoms. The molecule has 0 radical (unpaired) electrons. The second kappa shape index (κ2) is 5.01. The summed E-state index contributed by atoms with van der Waals surface area (Å²) in [6.07, 6.45) is 2.58. The van der Waals surface area contributed by atoms with Crippen molar-refractivity contribution in [3.8, 4) is 0 Å². The third kappa shape index (κ3) is 2.46. The van der Waals surface area contributed by atoms with E-state index in [2.05, 4.69) is 44.3 Å². The van der Waals surface area contributed by atoms with Gasteiger partial charge in [-0.05, 0) is 50.8 Å². The van der Waals surface area contributed by atoms with Gasteiger partial charge in [0.2, 0.25) is 0 Å². The van der Waals surface area contributed by atoms with E-state index >= 15 is 0 Å². The number of piperidine rings is 1. The molecule has 0 amide bonds. The molecular formula is C15H23N. The fourth-order valence-electron chi connectivity index (χ4n) is 3.01. The van der Waals surface area contributed by atoms with E-state index in [-0.39, 0.29) is 0 Å². The van der Waals surface area contributed by atoms with Crippen LogP contribution in [-0.2, 0) is 0 Å². The maximum absolute atomic E-state index is 3.51. The van der Waals surface area contributed by atoms with Crippen LogP contribution in [0.15, 0.2) is 18.2 Å². The topological polar surface area (TPSA) is 12.0 Å². The van der Waals surface area contributed by atoms with E-state index in [9.17, 15) is 0 Å². The minimum Gasteiger partial charge on any atom is -0.316 e. The first-order valence-electron chi connectivity index (χ1n) is 6.49. The van der Waals surface area contributed by atoms with Crippen molar-refractivity contribution in [2.75, 3.05) is 13.1 Å². The number of hydrogen-bond acceptors (Lipinski definition) is 1. The maximum Gasteiger partial charge on any atom is -0.00148 e. The first-order valence-corrected chi connectivity index (χ1v) is 6.49. The summed E-state index contributed by atoms with van der Waals surface area (Å²) in [5.41, 5.74) is 4.37. The molecule has 2 atom stereocenters. The Morgan fingerprint density at radius 1 is 1.19 bits per heavy atom. The van der Waals surface area contributed by atoms with Gasteiger partial charge in [0.1, 0.15) is 0 Å². The Bertz CT molecular complexity index is 336. The lowest BCUT2D eigenvalue weighted by molar-refractivity contribution is 0.318. The standard InChI is InChI=1S/C15H23N/c1-4-13-10-16-6-5-15(13)14-8-11(2)7-12(3)9-14/h7-9,13,15-16H,4-6,10H2,1-3H3. The fourth-order valence-corrected chi connectivity index (χ4v) is 3.01. The molecule has 1 aromatic carbocycles. The SMILES string of the molecule is CCC1CNCCC1c1cc(C)cc(C)c1. The predicted octanol–water partition coefficient (Wildman–Crippen LogP) is 3.41. The Morgan fingerprint density at radius 2 is 1.88 bits per heavy atom. The summed E-state index contributed by atoms with van der Waals surface area (Å²) in [5.74, 6) is 1.58. The molecule has 0 spiro atoms. The zero-order valence-electron chi connectivity index (χ0n) is 10.7. The third-order valence-corrected chi connectivity index (χ3v) is 3.80. The van der Waals surface area contributed by atoms with Crippen LogP contribution in [0.3, 0.4) is 0 Å². The van der Waals surface area contributed by atoms with Crippen molar-refractivity contribution in [2.24, 2.45) is 5.92 Å². The maximum atomic E-state index is 3.51. The number of nitrogens with one attached hydrogen (secondary N) is 1. The molecule has 1 saturated heterocycles. The van der Waals surface area contributed by atoms with Crippen molar-refractivity contribution >= 4 is 0 Å². The molecule has 2 unspecified atom stereocenters. The predicted molar refractivity (Wildman–Crippen MR) is 69.9 cm³/mol. The normalized spacial score (nSPS) is 25.7. The Balaban J connectivity index is 2.26. The van der Waals surface area contributed by atoms with E-state index in [1.54, 1.807) is 5.56 Å². The molecule has 0 aromatic heterocycles. The minimum absolute atomic E-state index is 0.768. The van der Waals surface area contributed by atoms with Gasteiger partial charge in [-0.1, -0.05) is 42.7 Å². The van der Waals surface area contributed by atoms with Crippen molar-refractivity contribution in [1.82, 2.24) is 5.32 Å². The van der Waals surface area contributed by atoms with E-state index in [4.69, 9.17) is 0 Å². The number of hydrogen-bond donors (Lipinski definition) is 1. The van der Waals surface area contributed by atoms with E-state index in [1.807, 2.05) is 0 Å². The van der Waals surface area contributed by atoms with Gasteiger partial charge in [-0.3, -0.25) is 0 Å². The van der Waals surface area contributed by atoms with Gasteiger partial charge in [-0.25, -0.2) is 0 Å². The van der Waals surface area contributed by atoms with Gasteiger partial charge in [0.25, 0.3) is 0 Å². The van der Waals surface area contributed by atoms with E-state index in [1.165, 1.54) is 37.1 Å². The highest BCUT2D eigenvalue weighted by atomic mass is 14.9. The van der Waals surface area contributed by atoms with Crippen molar-refractivity contribution in [3.05, 3.63) is 34.9 Å². The van der Waals surface area contributed by atoms with Crippen molar-refractivity contribution in [1.29, 1.82) is 0 Å². The summed E-state index contributed by atoms with van der Waals surface area (Å²) < 4.78 is 0. The minimum atomic E-state index is 0.768. The van der Waals surface area contributed by atoms with Crippen LogP contribution in [0, 0.1) is 19.8 Å². The molecule has 0 saturated carbocycles. The van der Waals surface area contributed by atoms with Crippen LogP contribution in [0.2, 0.25) is 0 Å². The second-order valence-corrected chi connectivity index (χ2v) is 5.19. The third-order valence-electron chi connectivity index (χ3n) is 3.80. The second-order valence-electron chi connectivity index (χ2n) is 5.19. The monoisotopic (exact) mass is 217 g/mol. The number of benzene rings is 1. The molecule has 1 nitrogen and oxygen atoms in total. The van der Waals surface area contributed by atoms with E-state index < -0.39 is 0 Å². The molecule has 1 heteroatoms. The molecule has 1 aliphatic rings. The molecule has 2 rings (SSSR count). The van der Waals surface area contributed by atoms with Crippen LogP contribution in [0.25, 0.3) is 0 Å². The summed E-state index contributed by atoms with van der Waals surface area (Å²) in [4.78, 5) is 0. The van der Waals surface area contributed by atoms with Gasteiger partial charge >= 0.3 is 0 Å². The summed E-state index contributed by atoms with van der Waals surface area (Å²) in [7, 11) is 0. The Hall–Kier alpha value is -0.820. The highest BCUT2D eigenvalue weighted by Crippen LogP contribution is 2.33.